The predicted octanol–water partition coefficient (Wildman–Crippen LogP) is 4.98. The molecule has 2 nitrogen and oxygen atoms in total. The molecule has 0 atom stereocenters. The van der Waals surface area contributed by atoms with Crippen molar-refractivity contribution in [2.75, 3.05) is 19.8 Å². The monoisotopic (exact) mass is 275 g/mol. The van der Waals surface area contributed by atoms with Crippen molar-refractivity contribution in [3.63, 3.8) is 0 Å². The Kier molecular flexibility index (Phi) is 44.1. The molecule has 0 aromatic heterocycles. The van der Waals surface area contributed by atoms with E-state index in [1.807, 2.05) is 27.2 Å². The van der Waals surface area contributed by atoms with Gasteiger partial charge in [-0.3, -0.25) is 0 Å². The maximum atomic E-state index is 8.07. The smallest absolute Gasteiger partial charge is 0.0697 e. The Bertz CT molecular complexity index is 89.4. The van der Waals surface area contributed by atoms with Gasteiger partial charge in [-0.25, -0.2) is 0 Å². The lowest BCUT2D eigenvalue weighted by Gasteiger charge is -1.91. The summed E-state index contributed by atoms with van der Waals surface area (Å²) in [5.41, 5.74) is 0. The van der Waals surface area contributed by atoms with Gasteiger partial charge in [0.05, 0.1) is 13.2 Å². The molecule has 0 aromatic carbocycles. The molecular weight excluding hydrogens is 236 g/mol. The molecule has 119 valence electrons. The fourth-order valence-electron chi connectivity index (χ4n) is 0.209. The third-order valence-electron chi connectivity index (χ3n) is 1.77. The van der Waals surface area contributed by atoms with E-state index >= 15 is 0 Å². The fraction of sp³-hybridized carbons (Fsp3) is 0.824. The molecule has 0 bridgehead atoms. The fourth-order valence-corrected chi connectivity index (χ4v) is 0.209. The molecule has 0 aliphatic carbocycles. The van der Waals surface area contributed by atoms with Crippen LogP contribution in [0.15, 0.2) is 0 Å². The Morgan fingerprint density at radius 1 is 0.895 bits per heavy atom. The zero-order valence-corrected chi connectivity index (χ0v) is 14.9. The summed E-state index contributed by atoms with van der Waals surface area (Å²) in [5.74, 6) is 1.52. The first-order valence-corrected chi connectivity index (χ1v) is 7.39. The lowest BCUT2D eigenvalue weighted by molar-refractivity contribution is 0.102. The molecule has 0 amide bonds. The maximum Gasteiger partial charge on any atom is 0.0697 e. The van der Waals surface area contributed by atoms with Crippen molar-refractivity contribution in [3.05, 3.63) is 19.3 Å². The lowest BCUT2D eigenvalue weighted by atomic mass is 10.2. The van der Waals surface area contributed by atoms with Gasteiger partial charge in [-0.1, -0.05) is 55.4 Å². The van der Waals surface area contributed by atoms with E-state index in [0.29, 0.717) is 13.2 Å². The van der Waals surface area contributed by atoms with E-state index in [-0.39, 0.29) is 6.61 Å². The Balaban J connectivity index is -0.0000000811. The van der Waals surface area contributed by atoms with Crippen LogP contribution >= 0.6 is 0 Å². The number of ether oxygens (including phenoxy) is 1. The van der Waals surface area contributed by atoms with Gasteiger partial charge in [0.15, 0.2) is 0 Å². The molecule has 19 heavy (non-hydrogen) atoms. The summed E-state index contributed by atoms with van der Waals surface area (Å²) in [5, 5.41) is 8.07. The number of aliphatic hydroxyl groups is 1. The molecule has 0 aliphatic heterocycles. The molecular formula is C17H39O2. The van der Waals surface area contributed by atoms with Crippen molar-refractivity contribution in [1.82, 2.24) is 0 Å². The van der Waals surface area contributed by atoms with E-state index in [4.69, 9.17) is 9.84 Å². The first-order chi connectivity index (χ1) is 8.87. The van der Waals surface area contributed by atoms with Crippen LogP contribution in [0.25, 0.3) is 0 Å². The molecule has 0 aromatic rings. The van der Waals surface area contributed by atoms with E-state index < -0.39 is 0 Å². The summed E-state index contributed by atoms with van der Waals surface area (Å²) in [6, 6.07) is 0. The molecule has 1 N–H and O–H groups in total. The van der Waals surface area contributed by atoms with E-state index in [2.05, 4.69) is 54.4 Å². The minimum Gasteiger partial charge on any atom is -0.394 e. The number of hydrogen-bond acceptors (Lipinski definition) is 2. The average molecular weight is 275 g/mol. The summed E-state index contributed by atoms with van der Waals surface area (Å²) >= 11 is 0. The van der Waals surface area contributed by atoms with E-state index in [9.17, 15) is 0 Å². The molecule has 0 unspecified atom stereocenters. The quantitative estimate of drug-likeness (QED) is 0.717. The van der Waals surface area contributed by atoms with Gasteiger partial charge in [-0.2, -0.15) is 0 Å². The molecule has 0 saturated carbocycles. The molecule has 0 fully saturated rings. The SMILES string of the molecule is CCOCCO.C[CH]C.C[CH]C(C)C.C[CH]C(C)C. The van der Waals surface area contributed by atoms with E-state index in [0.717, 1.165) is 11.8 Å². The number of aliphatic hydroxyl groups excluding tert-OH is 1. The third kappa shape index (κ3) is 94.8. The van der Waals surface area contributed by atoms with E-state index in [1.54, 1.807) is 0 Å². The van der Waals surface area contributed by atoms with Gasteiger partial charge in [-0.05, 0) is 38.0 Å². The van der Waals surface area contributed by atoms with Crippen LogP contribution in [0.1, 0.15) is 62.3 Å². The minimum atomic E-state index is 0.133. The molecule has 3 radical (unpaired) electrons. The van der Waals surface area contributed by atoms with Gasteiger partial charge >= 0.3 is 0 Å². The number of rotatable bonds is 5. The van der Waals surface area contributed by atoms with Crippen LogP contribution in [-0.4, -0.2) is 24.9 Å². The topological polar surface area (TPSA) is 29.5 Å². The highest BCUT2D eigenvalue weighted by molar-refractivity contribution is 4.58. The molecule has 0 spiro atoms. The van der Waals surface area contributed by atoms with Crippen molar-refractivity contribution in [2.24, 2.45) is 11.8 Å². The second kappa shape index (κ2) is 30.7. The zero-order chi connectivity index (χ0) is 16.1. The van der Waals surface area contributed by atoms with Crippen molar-refractivity contribution >= 4 is 0 Å². The van der Waals surface area contributed by atoms with Crippen LogP contribution in [0, 0.1) is 31.1 Å². The highest BCUT2D eigenvalue weighted by atomic mass is 16.5. The summed E-state index contributed by atoms with van der Waals surface area (Å²) in [6.45, 7) is 20.0. The molecule has 2 heteroatoms. The van der Waals surface area contributed by atoms with Crippen LogP contribution in [0.2, 0.25) is 0 Å². The highest BCUT2D eigenvalue weighted by Gasteiger charge is 1.81. The standard InChI is InChI=1S/2C5H11.C4H10O2.C3H7/c2*1-4-5(2)3;1-2-6-4-3-5;1-3-2/h2*4-5H,1-3H3;5H,2-4H2,1H3;3H,1-2H3. The van der Waals surface area contributed by atoms with Crippen molar-refractivity contribution < 1.29 is 9.84 Å². The van der Waals surface area contributed by atoms with Gasteiger partial charge in [0.2, 0.25) is 0 Å². The van der Waals surface area contributed by atoms with Gasteiger partial charge in [-0.15, -0.1) is 0 Å². The van der Waals surface area contributed by atoms with Gasteiger partial charge in [0.1, 0.15) is 0 Å². The first-order valence-electron chi connectivity index (χ1n) is 7.39. The van der Waals surface area contributed by atoms with Crippen LogP contribution in [0.5, 0.6) is 0 Å². The van der Waals surface area contributed by atoms with Gasteiger partial charge in [0, 0.05) is 6.61 Å². The molecule has 0 aliphatic rings. The Hall–Kier alpha value is -0.0800. The zero-order valence-electron chi connectivity index (χ0n) is 14.9. The van der Waals surface area contributed by atoms with Crippen LogP contribution in [-0.2, 0) is 4.74 Å². The predicted molar refractivity (Wildman–Crippen MR) is 88.9 cm³/mol. The first kappa shape index (κ1) is 27.3. The molecule has 0 rings (SSSR count). The largest absolute Gasteiger partial charge is 0.394 e. The second-order valence-electron chi connectivity index (χ2n) is 4.65. The van der Waals surface area contributed by atoms with Crippen molar-refractivity contribution in [2.45, 2.75) is 62.3 Å². The molecule has 0 saturated heterocycles. The van der Waals surface area contributed by atoms with Crippen LogP contribution in [0.3, 0.4) is 0 Å². The van der Waals surface area contributed by atoms with Crippen LogP contribution in [0.4, 0.5) is 0 Å². The lowest BCUT2D eigenvalue weighted by Crippen LogP contribution is -1.96. The second-order valence-corrected chi connectivity index (χ2v) is 4.65. The van der Waals surface area contributed by atoms with Crippen LogP contribution < -0.4 is 0 Å². The Labute approximate surface area is 124 Å². The van der Waals surface area contributed by atoms with Gasteiger partial charge in [0.25, 0.3) is 0 Å². The summed E-state index contributed by atoms with van der Waals surface area (Å²) in [7, 11) is 0. The summed E-state index contributed by atoms with van der Waals surface area (Å²) in [6.07, 6.45) is 6.33. The van der Waals surface area contributed by atoms with Gasteiger partial charge < -0.3 is 9.84 Å². The highest BCUT2D eigenvalue weighted by Crippen LogP contribution is 1.92. The van der Waals surface area contributed by atoms with Crippen molar-refractivity contribution in [3.8, 4) is 0 Å². The number of hydrogen-bond donors (Lipinski definition) is 1. The Morgan fingerprint density at radius 3 is 1.21 bits per heavy atom. The molecule has 0 heterocycles. The summed E-state index contributed by atoms with van der Waals surface area (Å²) < 4.78 is 4.73. The summed E-state index contributed by atoms with van der Waals surface area (Å²) in [4.78, 5) is 0. The Morgan fingerprint density at radius 2 is 1.16 bits per heavy atom. The maximum absolute atomic E-state index is 8.07. The van der Waals surface area contributed by atoms with Crippen molar-refractivity contribution in [1.29, 1.82) is 0 Å². The third-order valence-corrected chi connectivity index (χ3v) is 1.77. The minimum absolute atomic E-state index is 0.133. The normalized spacial score (nSPS) is 8.84. The van der Waals surface area contributed by atoms with E-state index in [1.165, 1.54) is 0 Å². The average Bonchev–Trinajstić information content (AvgIpc) is 2.38.